The van der Waals surface area contributed by atoms with Gasteiger partial charge in [-0.2, -0.15) is 0 Å². The third kappa shape index (κ3) is 6.18. The number of carbonyl (C=O) groups excluding carboxylic acids is 1. The van der Waals surface area contributed by atoms with Crippen LogP contribution >= 0.6 is 0 Å². The highest BCUT2D eigenvalue weighted by Gasteiger charge is 2.22. The average Bonchev–Trinajstić information content (AvgIpc) is 3.24. The van der Waals surface area contributed by atoms with E-state index in [-0.39, 0.29) is 12.1 Å². The van der Waals surface area contributed by atoms with Crippen molar-refractivity contribution in [3.63, 3.8) is 0 Å². The van der Waals surface area contributed by atoms with Gasteiger partial charge in [-0.3, -0.25) is 4.98 Å². The fourth-order valence-electron chi connectivity index (χ4n) is 3.09. The van der Waals surface area contributed by atoms with Crippen molar-refractivity contribution in [3.8, 4) is 0 Å². The maximum atomic E-state index is 12.8. The lowest BCUT2D eigenvalue weighted by Crippen LogP contribution is -2.42. The van der Waals surface area contributed by atoms with Crippen LogP contribution in [0.2, 0.25) is 0 Å². The zero-order valence-electron chi connectivity index (χ0n) is 16.2. The molecule has 1 aromatic carbocycles. The van der Waals surface area contributed by atoms with Crippen molar-refractivity contribution in [1.82, 2.24) is 9.88 Å². The number of nitrogens with one attached hydrogen (secondary N) is 1. The van der Waals surface area contributed by atoms with Crippen molar-refractivity contribution in [1.29, 1.82) is 0 Å². The van der Waals surface area contributed by atoms with Crippen LogP contribution < -0.4 is 5.32 Å². The van der Waals surface area contributed by atoms with Crippen LogP contribution in [0.5, 0.6) is 0 Å². The van der Waals surface area contributed by atoms with Crippen molar-refractivity contribution in [3.05, 3.63) is 59.9 Å². The normalized spacial score (nSPS) is 16.4. The molecule has 148 valence electrons. The van der Waals surface area contributed by atoms with Crippen LogP contribution in [0.4, 0.5) is 10.5 Å². The van der Waals surface area contributed by atoms with Gasteiger partial charge in [-0.15, -0.1) is 0 Å². The number of amides is 2. The molecule has 28 heavy (non-hydrogen) atoms. The molecule has 1 aromatic heterocycles. The van der Waals surface area contributed by atoms with E-state index in [2.05, 4.69) is 10.3 Å². The SMILES string of the molecule is COCCN(CC1CCCO1)C(=O)Nc1cccc(/C=C/c2ccccn2)c1. The molecule has 1 unspecified atom stereocenters. The van der Waals surface area contributed by atoms with Crippen LogP contribution in [0, 0.1) is 0 Å². The summed E-state index contributed by atoms with van der Waals surface area (Å²) in [6.07, 6.45) is 7.84. The molecule has 1 fully saturated rings. The van der Waals surface area contributed by atoms with Gasteiger partial charge in [-0.05, 0) is 48.7 Å². The average molecular weight is 381 g/mol. The van der Waals surface area contributed by atoms with Gasteiger partial charge >= 0.3 is 6.03 Å². The Bertz CT molecular complexity index is 774. The molecule has 1 saturated heterocycles. The third-order valence-electron chi connectivity index (χ3n) is 4.57. The van der Waals surface area contributed by atoms with Crippen LogP contribution in [0.1, 0.15) is 24.1 Å². The minimum absolute atomic E-state index is 0.107. The standard InChI is InChI=1S/C22H27N3O3/c1-27-15-13-25(17-21-9-5-14-28-21)22(26)24-20-8-4-6-18(16-20)10-11-19-7-2-3-12-23-19/h2-4,6-8,10-12,16,21H,5,9,13-15,17H2,1H3,(H,24,26)/b11-10+. The lowest BCUT2D eigenvalue weighted by molar-refractivity contribution is 0.0747. The first kappa shape index (κ1) is 20.0. The van der Waals surface area contributed by atoms with Crippen molar-refractivity contribution >= 4 is 23.9 Å². The van der Waals surface area contributed by atoms with Gasteiger partial charge in [0.15, 0.2) is 0 Å². The second-order valence-electron chi connectivity index (χ2n) is 6.72. The fourth-order valence-corrected chi connectivity index (χ4v) is 3.09. The smallest absolute Gasteiger partial charge is 0.322 e. The van der Waals surface area contributed by atoms with Gasteiger partial charge < -0.3 is 19.7 Å². The highest BCUT2D eigenvalue weighted by Crippen LogP contribution is 2.16. The number of aromatic nitrogens is 1. The molecular weight excluding hydrogens is 354 g/mol. The van der Waals surface area contributed by atoms with Crippen LogP contribution in [0.3, 0.4) is 0 Å². The lowest BCUT2D eigenvalue weighted by atomic mass is 10.1. The van der Waals surface area contributed by atoms with E-state index in [0.717, 1.165) is 36.4 Å². The molecule has 6 nitrogen and oxygen atoms in total. The molecule has 0 radical (unpaired) electrons. The van der Waals surface area contributed by atoms with Gasteiger partial charge in [-0.1, -0.05) is 24.3 Å². The summed E-state index contributed by atoms with van der Waals surface area (Å²) in [4.78, 5) is 18.8. The number of rotatable bonds is 8. The highest BCUT2D eigenvalue weighted by molar-refractivity contribution is 5.90. The van der Waals surface area contributed by atoms with Gasteiger partial charge in [0.2, 0.25) is 0 Å². The van der Waals surface area contributed by atoms with E-state index >= 15 is 0 Å². The largest absolute Gasteiger partial charge is 0.383 e. The van der Waals surface area contributed by atoms with Crippen molar-refractivity contribution in [2.75, 3.05) is 38.7 Å². The van der Waals surface area contributed by atoms with E-state index in [9.17, 15) is 4.79 Å². The Morgan fingerprint density at radius 2 is 2.25 bits per heavy atom. The minimum atomic E-state index is -0.140. The molecule has 2 heterocycles. The van der Waals surface area contributed by atoms with Crippen molar-refractivity contribution in [2.45, 2.75) is 18.9 Å². The molecule has 1 N–H and O–H groups in total. The molecule has 6 heteroatoms. The second-order valence-corrected chi connectivity index (χ2v) is 6.72. The van der Waals surface area contributed by atoms with Crippen LogP contribution in [-0.4, -0.2) is 55.4 Å². The zero-order valence-corrected chi connectivity index (χ0v) is 16.2. The Morgan fingerprint density at radius 3 is 3.00 bits per heavy atom. The quantitative estimate of drug-likeness (QED) is 0.753. The Labute approximate surface area is 166 Å². The van der Waals surface area contributed by atoms with E-state index in [1.165, 1.54) is 0 Å². The number of ether oxygens (including phenoxy) is 2. The summed E-state index contributed by atoms with van der Waals surface area (Å²) in [7, 11) is 1.64. The van der Waals surface area contributed by atoms with Crippen LogP contribution in [0.25, 0.3) is 12.2 Å². The summed E-state index contributed by atoms with van der Waals surface area (Å²) in [5.41, 5.74) is 2.63. The monoisotopic (exact) mass is 381 g/mol. The number of carbonyl (C=O) groups is 1. The Hall–Kier alpha value is -2.70. The molecule has 0 spiro atoms. The topological polar surface area (TPSA) is 63.7 Å². The molecule has 1 aliphatic rings. The van der Waals surface area contributed by atoms with Crippen LogP contribution in [0.15, 0.2) is 48.7 Å². The molecule has 3 rings (SSSR count). The molecule has 0 saturated carbocycles. The molecule has 0 aliphatic carbocycles. The summed E-state index contributed by atoms with van der Waals surface area (Å²) in [5, 5.41) is 2.99. The maximum Gasteiger partial charge on any atom is 0.322 e. The molecule has 0 bridgehead atoms. The first-order valence-electron chi connectivity index (χ1n) is 9.60. The second kappa shape index (κ2) is 10.6. The number of hydrogen-bond acceptors (Lipinski definition) is 4. The molecule has 2 aromatic rings. The first-order chi connectivity index (χ1) is 13.7. The third-order valence-corrected chi connectivity index (χ3v) is 4.57. The summed E-state index contributed by atoms with van der Waals surface area (Å²) < 4.78 is 10.8. The Morgan fingerprint density at radius 1 is 1.32 bits per heavy atom. The zero-order chi connectivity index (χ0) is 19.6. The predicted octanol–water partition coefficient (Wildman–Crippen LogP) is 3.91. The maximum absolute atomic E-state index is 12.8. The van der Waals surface area contributed by atoms with Gasteiger partial charge in [0.05, 0.1) is 18.4 Å². The number of urea groups is 1. The van der Waals surface area contributed by atoms with Crippen molar-refractivity contribution in [2.24, 2.45) is 0 Å². The number of hydrogen-bond donors (Lipinski definition) is 1. The summed E-state index contributed by atoms with van der Waals surface area (Å²) >= 11 is 0. The minimum Gasteiger partial charge on any atom is -0.383 e. The summed E-state index contributed by atoms with van der Waals surface area (Å²) in [6.45, 7) is 2.37. The Balaban J connectivity index is 1.63. The van der Waals surface area contributed by atoms with Crippen LogP contribution in [-0.2, 0) is 9.47 Å². The summed E-state index contributed by atoms with van der Waals surface area (Å²) in [5.74, 6) is 0. The van der Waals surface area contributed by atoms with Gasteiger partial charge in [-0.25, -0.2) is 4.79 Å². The molecule has 2 amide bonds. The number of nitrogens with zero attached hydrogens (tertiary/aromatic N) is 2. The van der Waals surface area contributed by atoms with Crippen molar-refractivity contribution < 1.29 is 14.3 Å². The van der Waals surface area contributed by atoms with Gasteiger partial charge in [0.1, 0.15) is 0 Å². The van der Waals surface area contributed by atoms with E-state index in [0.29, 0.717) is 19.7 Å². The van der Waals surface area contributed by atoms with Gasteiger partial charge in [0.25, 0.3) is 0 Å². The first-order valence-corrected chi connectivity index (χ1v) is 9.60. The predicted molar refractivity (Wildman–Crippen MR) is 111 cm³/mol. The van der Waals surface area contributed by atoms with E-state index in [1.807, 2.05) is 54.6 Å². The number of anilines is 1. The lowest BCUT2D eigenvalue weighted by Gasteiger charge is -2.25. The van der Waals surface area contributed by atoms with Gasteiger partial charge in [0, 0.05) is 38.7 Å². The van der Waals surface area contributed by atoms with E-state index in [4.69, 9.17) is 9.47 Å². The molecular formula is C22H27N3O3. The summed E-state index contributed by atoms with van der Waals surface area (Å²) in [6, 6.07) is 13.4. The number of methoxy groups -OCH3 is 1. The highest BCUT2D eigenvalue weighted by atomic mass is 16.5. The van der Waals surface area contributed by atoms with E-state index in [1.54, 1.807) is 18.2 Å². The van der Waals surface area contributed by atoms with E-state index < -0.39 is 0 Å². The number of pyridine rings is 1. The fraction of sp³-hybridized carbons (Fsp3) is 0.364. The molecule has 1 atom stereocenters. The molecule has 1 aliphatic heterocycles. The number of benzene rings is 1. The Kier molecular flexibility index (Phi) is 7.58.